The molecule has 0 fully saturated rings. The second kappa shape index (κ2) is 7.49. The molecule has 26 heavy (non-hydrogen) atoms. The monoisotopic (exact) mass is 354 g/mol. The van der Waals surface area contributed by atoms with Crippen LogP contribution in [0.25, 0.3) is 11.0 Å². The van der Waals surface area contributed by atoms with E-state index in [1.807, 2.05) is 19.0 Å². The molecule has 3 aromatic rings. The molecule has 1 N–H and O–H groups in total. The molecule has 3 rings (SSSR count). The second-order valence-corrected chi connectivity index (χ2v) is 6.23. The zero-order valence-electron chi connectivity index (χ0n) is 14.5. The molecule has 134 valence electrons. The van der Waals surface area contributed by atoms with Gasteiger partial charge in [-0.05, 0) is 43.9 Å². The highest BCUT2D eigenvalue weighted by atomic mass is 19.1. The Bertz CT molecular complexity index is 998. The fraction of sp³-hybridized carbons (Fsp3) is 0.200. The van der Waals surface area contributed by atoms with E-state index in [4.69, 9.17) is 4.42 Å². The number of para-hydroxylation sites is 1. The van der Waals surface area contributed by atoms with E-state index >= 15 is 0 Å². The number of nitrogens with zero attached hydrogens (tertiary/aromatic N) is 1. The van der Waals surface area contributed by atoms with Crippen LogP contribution in [0, 0.1) is 5.82 Å². The first-order valence-corrected chi connectivity index (χ1v) is 8.18. The number of nitrogens with one attached hydrogen (secondary N) is 1. The highest BCUT2D eigenvalue weighted by molar-refractivity contribution is 5.96. The van der Waals surface area contributed by atoms with Crippen LogP contribution >= 0.6 is 0 Å². The molecule has 0 aliphatic rings. The van der Waals surface area contributed by atoms with Crippen LogP contribution in [-0.2, 0) is 0 Å². The number of rotatable bonds is 5. The number of fused-ring (bicyclic) bond motifs is 1. The Balaban J connectivity index is 1.81. The first kappa shape index (κ1) is 17.8. The lowest BCUT2D eigenvalue weighted by Gasteiger charge is -2.25. The van der Waals surface area contributed by atoms with Gasteiger partial charge >= 0.3 is 5.63 Å². The second-order valence-electron chi connectivity index (χ2n) is 6.23. The van der Waals surface area contributed by atoms with E-state index in [-0.39, 0.29) is 24.0 Å². The molecule has 0 radical (unpaired) electrons. The van der Waals surface area contributed by atoms with Crippen LogP contribution in [0.15, 0.2) is 63.8 Å². The van der Waals surface area contributed by atoms with Gasteiger partial charge < -0.3 is 14.6 Å². The number of likely N-dealkylation sites (N-methyl/N-ethyl adjacent to an activating group) is 1. The van der Waals surface area contributed by atoms with E-state index < -0.39 is 11.5 Å². The zero-order valence-corrected chi connectivity index (χ0v) is 14.5. The summed E-state index contributed by atoms with van der Waals surface area (Å²) in [5, 5.41) is 3.41. The summed E-state index contributed by atoms with van der Waals surface area (Å²) in [4.78, 5) is 26.4. The van der Waals surface area contributed by atoms with Gasteiger partial charge in [0.1, 0.15) is 17.0 Å². The molecule has 6 heteroatoms. The molecule has 2 aromatic carbocycles. The van der Waals surface area contributed by atoms with Gasteiger partial charge in [-0.2, -0.15) is 0 Å². The van der Waals surface area contributed by atoms with Crippen LogP contribution in [0.5, 0.6) is 0 Å². The van der Waals surface area contributed by atoms with Gasteiger partial charge in [0, 0.05) is 11.9 Å². The first-order valence-electron chi connectivity index (χ1n) is 8.18. The van der Waals surface area contributed by atoms with Gasteiger partial charge in [0.15, 0.2) is 0 Å². The molecule has 5 nitrogen and oxygen atoms in total. The van der Waals surface area contributed by atoms with Gasteiger partial charge in [-0.3, -0.25) is 4.79 Å². The first-order chi connectivity index (χ1) is 12.5. The van der Waals surface area contributed by atoms with Crippen molar-refractivity contribution in [2.45, 2.75) is 6.04 Å². The number of hydrogen-bond donors (Lipinski definition) is 1. The minimum Gasteiger partial charge on any atom is -0.422 e. The molecule has 0 saturated carbocycles. The number of carbonyl (C=O) groups excluding carboxylic acids is 1. The average molecular weight is 354 g/mol. The molecule has 0 bridgehead atoms. The summed E-state index contributed by atoms with van der Waals surface area (Å²) in [5.74, 6) is -0.858. The third kappa shape index (κ3) is 3.81. The summed E-state index contributed by atoms with van der Waals surface area (Å²) in [7, 11) is 3.68. The summed E-state index contributed by atoms with van der Waals surface area (Å²) in [6, 6.07) is 14.5. The number of hydrogen-bond acceptors (Lipinski definition) is 4. The molecule has 1 amide bonds. The van der Waals surface area contributed by atoms with E-state index in [0.29, 0.717) is 11.0 Å². The van der Waals surface area contributed by atoms with Gasteiger partial charge in [-0.25, -0.2) is 9.18 Å². The number of benzene rings is 2. The fourth-order valence-electron chi connectivity index (χ4n) is 2.82. The molecular weight excluding hydrogens is 335 g/mol. The van der Waals surface area contributed by atoms with Crippen molar-refractivity contribution in [3.63, 3.8) is 0 Å². The number of carbonyl (C=O) groups is 1. The predicted octanol–water partition coefficient (Wildman–Crippen LogP) is 2.96. The molecular formula is C20H19FN2O3. The van der Waals surface area contributed by atoms with Crippen molar-refractivity contribution >= 4 is 16.9 Å². The minimum atomic E-state index is -0.687. The quantitative estimate of drug-likeness (QED) is 0.716. The Morgan fingerprint density at radius 2 is 1.92 bits per heavy atom. The van der Waals surface area contributed by atoms with Crippen molar-refractivity contribution in [2.75, 3.05) is 20.6 Å². The van der Waals surface area contributed by atoms with Crippen LogP contribution in [0.2, 0.25) is 0 Å². The summed E-state index contributed by atoms with van der Waals surface area (Å²) in [5.41, 5.74) is 0.426. The zero-order chi connectivity index (χ0) is 18.7. The predicted molar refractivity (Wildman–Crippen MR) is 97.6 cm³/mol. The van der Waals surface area contributed by atoms with E-state index in [1.54, 1.807) is 36.4 Å². The Hall–Kier alpha value is -2.99. The van der Waals surface area contributed by atoms with Gasteiger partial charge in [0.2, 0.25) is 0 Å². The van der Waals surface area contributed by atoms with Crippen LogP contribution in [0.4, 0.5) is 4.39 Å². The molecule has 1 aromatic heterocycles. The standard InChI is InChI=1S/C20H19FN2O3/c1-23(2)17(13-7-5-8-15(21)10-13)12-22-19(24)16-11-14-6-3-4-9-18(14)26-20(16)25/h3-11,17H,12H2,1-2H3,(H,22,24)/t17-/m0/s1. The molecule has 1 atom stereocenters. The van der Waals surface area contributed by atoms with Crippen molar-refractivity contribution in [1.82, 2.24) is 10.2 Å². The van der Waals surface area contributed by atoms with Crippen molar-refractivity contribution in [3.05, 3.63) is 82.0 Å². The van der Waals surface area contributed by atoms with E-state index in [2.05, 4.69) is 5.32 Å². The summed E-state index contributed by atoms with van der Waals surface area (Å²) < 4.78 is 18.7. The van der Waals surface area contributed by atoms with E-state index in [1.165, 1.54) is 18.2 Å². The summed E-state index contributed by atoms with van der Waals surface area (Å²) >= 11 is 0. The highest BCUT2D eigenvalue weighted by Gasteiger charge is 2.18. The fourth-order valence-corrected chi connectivity index (χ4v) is 2.82. The van der Waals surface area contributed by atoms with Crippen LogP contribution < -0.4 is 10.9 Å². The Labute approximate surface area is 150 Å². The average Bonchev–Trinajstić information content (AvgIpc) is 2.61. The Morgan fingerprint density at radius 3 is 2.65 bits per heavy atom. The van der Waals surface area contributed by atoms with Gasteiger partial charge in [-0.1, -0.05) is 30.3 Å². The molecule has 0 aliphatic carbocycles. The SMILES string of the molecule is CN(C)[C@@H](CNC(=O)c1cc2ccccc2oc1=O)c1cccc(F)c1. The van der Waals surface area contributed by atoms with Gasteiger partial charge in [-0.15, -0.1) is 0 Å². The maximum absolute atomic E-state index is 13.5. The van der Waals surface area contributed by atoms with Crippen LogP contribution in [0.3, 0.4) is 0 Å². The smallest absolute Gasteiger partial charge is 0.349 e. The molecule has 0 saturated heterocycles. The number of halogens is 1. The van der Waals surface area contributed by atoms with Crippen molar-refractivity contribution < 1.29 is 13.6 Å². The summed E-state index contributed by atoms with van der Waals surface area (Å²) in [6.07, 6.45) is 0. The Morgan fingerprint density at radius 1 is 1.15 bits per heavy atom. The van der Waals surface area contributed by atoms with Crippen molar-refractivity contribution in [2.24, 2.45) is 0 Å². The maximum Gasteiger partial charge on any atom is 0.349 e. The van der Waals surface area contributed by atoms with Crippen molar-refractivity contribution in [1.29, 1.82) is 0 Å². The molecule has 1 heterocycles. The van der Waals surface area contributed by atoms with Crippen LogP contribution in [-0.4, -0.2) is 31.4 Å². The number of amides is 1. The topological polar surface area (TPSA) is 62.6 Å². The maximum atomic E-state index is 13.5. The van der Waals surface area contributed by atoms with Crippen molar-refractivity contribution in [3.8, 4) is 0 Å². The van der Waals surface area contributed by atoms with Gasteiger partial charge in [0.25, 0.3) is 5.91 Å². The van der Waals surface area contributed by atoms with E-state index in [0.717, 1.165) is 5.56 Å². The minimum absolute atomic E-state index is 0.0551. The Kier molecular flexibility index (Phi) is 5.14. The largest absolute Gasteiger partial charge is 0.422 e. The van der Waals surface area contributed by atoms with E-state index in [9.17, 15) is 14.0 Å². The van der Waals surface area contributed by atoms with Gasteiger partial charge in [0.05, 0.1) is 6.04 Å². The molecule has 0 unspecified atom stereocenters. The highest BCUT2D eigenvalue weighted by Crippen LogP contribution is 2.18. The molecule has 0 spiro atoms. The van der Waals surface area contributed by atoms with Crippen LogP contribution in [0.1, 0.15) is 22.0 Å². The lowest BCUT2D eigenvalue weighted by Crippen LogP contribution is -2.36. The third-order valence-electron chi connectivity index (χ3n) is 4.20. The molecule has 0 aliphatic heterocycles. The lowest BCUT2D eigenvalue weighted by molar-refractivity contribution is 0.0938. The lowest BCUT2D eigenvalue weighted by atomic mass is 10.1. The third-order valence-corrected chi connectivity index (χ3v) is 4.20. The summed E-state index contributed by atoms with van der Waals surface area (Å²) in [6.45, 7) is 0.224. The normalized spacial score (nSPS) is 12.3.